The number of rotatable bonds is 8. The molecule has 0 aliphatic carbocycles. The van der Waals surface area contributed by atoms with Crippen molar-refractivity contribution in [1.29, 1.82) is 0 Å². The molecule has 0 fully saturated rings. The van der Waals surface area contributed by atoms with Gasteiger partial charge < -0.3 is 10.1 Å². The zero-order valence-corrected chi connectivity index (χ0v) is 19.5. The summed E-state index contributed by atoms with van der Waals surface area (Å²) < 4.78 is 29.2. The summed E-state index contributed by atoms with van der Waals surface area (Å²) in [6.45, 7) is 3.45. The molecule has 3 rings (SSSR count). The third-order valence-electron chi connectivity index (χ3n) is 4.57. The zero-order valence-electron chi connectivity index (χ0n) is 17.9. The Bertz CT molecular complexity index is 1290. The number of hydrogen-bond acceptors (Lipinski definition) is 7. The predicted molar refractivity (Wildman–Crippen MR) is 121 cm³/mol. The van der Waals surface area contributed by atoms with Gasteiger partial charge in [0.15, 0.2) is 18.1 Å². The number of amides is 1. The Kier molecular flexibility index (Phi) is 7.46. The SMILES string of the molecule is Cc1cc(C)n(-c2ccc(Cl)c(C(=O)OCC(=O)NCCc3ccc(S(N)(=O)=O)cc3)n2)n1. The lowest BCUT2D eigenvalue weighted by Gasteiger charge is -2.09. The van der Waals surface area contributed by atoms with Crippen molar-refractivity contribution in [3.05, 3.63) is 70.1 Å². The van der Waals surface area contributed by atoms with E-state index >= 15 is 0 Å². The number of nitrogens with zero attached hydrogens (tertiary/aromatic N) is 3. The van der Waals surface area contributed by atoms with Gasteiger partial charge in [-0.1, -0.05) is 23.7 Å². The third kappa shape index (κ3) is 6.37. The molecule has 1 aromatic carbocycles. The number of hydrogen-bond donors (Lipinski definition) is 2. The third-order valence-corrected chi connectivity index (χ3v) is 5.81. The first kappa shape index (κ1) is 24.4. The van der Waals surface area contributed by atoms with Crippen molar-refractivity contribution in [2.45, 2.75) is 25.2 Å². The highest BCUT2D eigenvalue weighted by molar-refractivity contribution is 7.89. The maximum absolute atomic E-state index is 12.4. The highest BCUT2D eigenvalue weighted by Crippen LogP contribution is 2.18. The number of ether oxygens (including phenoxy) is 1. The van der Waals surface area contributed by atoms with Crippen molar-refractivity contribution < 1.29 is 22.7 Å². The number of pyridine rings is 1. The maximum atomic E-state index is 12.4. The number of nitrogens with one attached hydrogen (secondary N) is 1. The summed E-state index contributed by atoms with van der Waals surface area (Å²) >= 11 is 6.09. The molecule has 3 aromatic rings. The fourth-order valence-corrected chi connectivity index (χ4v) is 3.69. The predicted octanol–water partition coefficient (Wildman–Crippen LogP) is 1.70. The van der Waals surface area contributed by atoms with E-state index in [4.69, 9.17) is 21.5 Å². The molecule has 0 unspecified atom stereocenters. The lowest BCUT2D eigenvalue weighted by atomic mass is 10.1. The smallest absolute Gasteiger partial charge is 0.359 e. The van der Waals surface area contributed by atoms with Gasteiger partial charge in [0.05, 0.1) is 15.6 Å². The van der Waals surface area contributed by atoms with E-state index < -0.39 is 28.5 Å². The molecule has 33 heavy (non-hydrogen) atoms. The van der Waals surface area contributed by atoms with E-state index in [1.165, 1.54) is 18.2 Å². The molecule has 0 spiro atoms. The maximum Gasteiger partial charge on any atom is 0.359 e. The van der Waals surface area contributed by atoms with Crippen LogP contribution in [0.1, 0.15) is 27.4 Å². The molecule has 174 valence electrons. The lowest BCUT2D eigenvalue weighted by molar-refractivity contribution is -0.124. The van der Waals surface area contributed by atoms with E-state index in [9.17, 15) is 18.0 Å². The largest absolute Gasteiger partial charge is 0.451 e. The Morgan fingerprint density at radius 1 is 1.15 bits per heavy atom. The number of aromatic nitrogens is 3. The zero-order chi connectivity index (χ0) is 24.2. The number of benzene rings is 1. The highest BCUT2D eigenvalue weighted by atomic mass is 35.5. The normalized spacial score (nSPS) is 11.3. The number of sulfonamides is 1. The number of aryl methyl sites for hydroxylation is 2. The van der Waals surface area contributed by atoms with Gasteiger partial charge in [0.2, 0.25) is 10.0 Å². The number of carbonyl (C=O) groups is 2. The van der Waals surface area contributed by atoms with Gasteiger partial charge in [0, 0.05) is 12.2 Å². The number of halogens is 1. The van der Waals surface area contributed by atoms with Gasteiger partial charge in [0.1, 0.15) is 0 Å². The fourth-order valence-electron chi connectivity index (χ4n) is 3.00. The Labute approximate surface area is 195 Å². The van der Waals surface area contributed by atoms with Gasteiger partial charge in [-0.3, -0.25) is 4.79 Å². The monoisotopic (exact) mass is 491 g/mol. The highest BCUT2D eigenvalue weighted by Gasteiger charge is 2.18. The molecule has 0 atom stereocenters. The number of primary sulfonamides is 1. The summed E-state index contributed by atoms with van der Waals surface area (Å²) in [6, 6.07) is 11.0. The van der Waals surface area contributed by atoms with Crippen molar-refractivity contribution in [2.75, 3.05) is 13.2 Å². The average Bonchev–Trinajstić information content (AvgIpc) is 3.10. The van der Waals surface area contributed by atoms with Gasteiger partial charge in [-0.25, -0.2) is 28.0 Å². The van der Waals surface area contributed by atoms with Crippen molar-refractivity contribution >= 4 is 33.5 Å². The molecule has 2 heterocycles. The second kappa shape index (κ2) is 10.1. The molecule has 0 radical (unpaired) electrons. The summed E-state index contributed by atoms with van der Waals surface area (Å²) in [5.41, 5.74) is 2.31. The molecule has 2 aromatic heterocycles. The Morgan fingerprint density at radius 2 is 1.85 bits per heavy atom. The van der Waals surface area contributed by atoms with Gasteiger partial charge in [-0.2, -0.15) is 5.10 Å². The van der Waals surface area contributed by atoms with Crippen LogP contribution in [-0.4, -0.2) is 48.2 Å². The fraction of sp³-hybridized carbons (Fsp3) is 0.238. The minimum atomic E-state index is -3.75. The molecule has 12 heteroatoms. The van der Waals surface area contributed by atoms with Crippen LogP contribution >= 0.6 is 11.6 Å². The first-order valence-corrected chi connectivity index (χ1v) is 11.7. The van der Waals surface area contributed by atoms with Gasteiger partial charge in [-0.15, -0.1) is 0 Å². The molecule has 1 amide bonds. The van der Waals surface area contributed by atoms with Crippen LogP contribution in [-0.2, 0) is 26.0 Å². The van der Waals surface area contributed by atoms with E-state index in [-0.39, 0.29) is 22.2 Å². The summed E-state index contributed by atoms with van der Waals surface area (Å²) in [5.74, 6) is -0.942. The van der Waals surface area contributed by atoms with Gasteiger partial charge >= 0.3 is 5.97 Å². The average molecular weight is 492 g/mol. The van der Waals surface area contributed by atoms with Gasteiger partial charge in [0.25, 0.3) is 5.91 Å². The molecule has 0 aliphatic rings. The lowest BCUT2D eigenvalue weighted by Crippen LogP contribution is -2.30. The van der Waals surface area contributed by atoms with Crippen molar-refractivity contribution in [3.63, 3.8) is 0 Å². The van der Waals surface area contributed by atoms with Crippen molar-refractivity contribution in [3.8, 4) is 5.82 Å². The molecular formula is C21H22ClN5O5S. The Balaban J connectivity index is 1.52. The standard InChI is InChI=1S/C21H22ClN5O5S/c1-13-11-14(2)27(26-13)18-8-7-17(22)20(25-18)21(29)32-12-19(28)24-10-9-15-3-5-16(6-4-15)33(23,30)31/h3-8,11H,9-10,12H2,1-2H3,(H,24,28)(H2,23,30,31). The first-order chi connectivity index (χ1) is 15.5. The van der Waals surface area contributed by atoms with Crippen LogP contribution in [0.4, 0.5) is 0 Å². The van der Waals surface area contributed by atoms with E-state index in [1.54, 1.807) is 22.9 Å². The number of carbonyl (C=O) groups excluding carboxylic acids is 2. The minimum Gasteiger partial charge on any atom is -0.451 e. The van der Waals surface area contributed by atoms with Crippen LogP contribution in [0, 0.1) is 13.8 Å². The van der Waals surface area contributed by atoms with Crippen molar-refractivity contribution in [2.24, 2.45) is 5.14 Å². The van der Waals surface area contributed by atoms with Crippen LogP contribution < -0.4 is 10.5 Å². The van der Waals surface area contributed by atoms with E-state index in [0.29, 0.717) is 12.2 Å². The van der Waals surface area contributed by atoms with Crippen LogP contribution in [0.25, 0.3) is 5.82 Å². The molecular weight excluding hydrogens is 470 g/mol. The second-order valence-electron chi connectivity index (χ2n) is 7.20. The molecule has 0 saturated heterocycles. The summed E-state index contributed by atoms with van der Waals surface area (Å²) in [4.78, 5) is 28.7. The summed E-state index contributed by atoms with van der Waals surface area (Å²) in [6.07, 6.45) is 0.447. The van der Waals surface area contributed by atoms with Crippen LogP contribution in [0.5, 0.6) is 0 Å². The summed E-state index contributed by atoms with van der Waals surface area (Å²) in [5, 5.41) is 12.1. The van der Waals surface area contributed by atoms with E-state index in [0.717, 1.165) is 17.0 Å². The summed E-state index contributed by atoms with van der Waals surface area (Å²) in [7, 11) is -3.75. The van der Waals surface area contributed by atoms with Gasteiger partial charge in [-0.05, 0) is 56.2 Å². The van der Waals surface area contributed by atoms with E-state index in [2.05, 4.69) is 15.4 Å². The quantitative estimate of drug-likeness (QED) is 0.456. The Hall–Kier alpha value is -3.28. The molecule has 0 aliphatic heterocycles. The van der Waals surface area contributed by atoms with E-state index in [1.807, 2.05) is 19.9 Å². The topological polar surface area (TPSA) is 146 Å². The van der Waals surface area contributed by atoms with Crippen LogP contribution in [0.3, 0.4) is 0 Å². The van der Waals surface area contributed by atoms with Crippen LogP contribution in [0.15, 0.2) is 47.4 Å². The number of nitrogens with two attached hydrogens (primary N) is 1. The minimum absolute atomic E-state index is 0.0105. The first-order valence-electron chi connectivity index (χ1n) is 9.80. The molecule has 0 bridgehead atoms. The van der Waals surface area contributed by atoms with Crippen LogP contribution in [0.2, 0.25) is 5.02 Å². The van der Waals surface area contributed by atoms with Crippen molar-refractivity contribution in [1.82, 2.24) is 20.1 Å². The molecule has 3 N–H and O–H groups in total. The Morgan fingerprint density at radius 3 is 2.45 bits per heavy atom. The number of esters is 1. The molecule has 0 saturated carbocycles. The molecule has 10 nitrogen and oxygen atoms in total. The second-order valence-corrected chi connectivity index (χ2v) is 9.17.